The van der Waals surface area contributed by atoms with Crippen molar-refractivity contribution < 1.29 is 9.15 Å². The smallest absolute Gasteiger partial charge is 0.174 e. The number of aromatic nitrogens is 2. The van der Waals surface area contributed by atoms with Gasteiger partial charge in [-0.1, -0.05) is 45.4 Å². The van der Waals surface area contributed by atoms with Crippen molar-refractivity contribution in [1.29, 1.82) is 0 Å². The van der Waals surface area contributed by atoms with Crippen molar-refractivity contribution >= 4 is 22.6 Å². The first-order valence-electron chi connectivity index (χ1n) is 11.7. The average molecular weight is 466 g/mol. The highest BCUT2D eigenvalue weighted by atomic mass is 35.5. The summed E-state index contributed by atoms with van der Waals surface area (Å²) in [4.78, 5) is 10.6. The third-order valence-corrected chi connectivity index (χ3v) is 5.94. The van der Waals surface area contributed by atoms with Crippen molar-refractivity contribution in [2.24, 2.45) is 5.92 Å². The number of benzene rings is 2. The van der Waals surface area contributed by atoms with Crippen LogP contribution in [0.5, 0.6) is 5.75 Å². The normalized spacial score (nSPS) is 11.7. The molecular formula is C27H32ClN3O2. The van der Waals surface area contributed by atoms with Crippen LogP contribution >= 0.6 is 11.6 Å². The third kappa shape index (κ3) is 5.79. The molecule has 5 nitrogen and oxygen atoms in total. The maximum Gasteiger partial charge on any atom is 0.174 e. The van der Waals surface area contributed by atoms with Crippen molar-refractivity contribution in [2.45, 2.75) is 40.7 Å². The predicted octanol–water partition coefficient (Wildman–Crippen LogP) is 6.94. The number of hydrogen-bond donors (Lipinski definition) is 1. The highest BCUT2D eigenvalue weighted by Gasteiger charge is 2.14. The van der Waals surface area contributed by atoms with Gasteiger partial charge < -0.3 is 14.1 Å². The molecule has 0 aliphatic carbocycles. The molecule has 0 saturated carbocycles. The minimum atomic E-state index is 0.448. The Kier molecular flexibility index (Phi) is 7.41. The monoisotopic (exact) mass is 465 g/mol. The first-order chi connectivity index (χ1) is 15.9. The summed E-state index contributed by atoms with van der Waals surface area (Å²) in [6, 6.07) is 16.1. The zero-order valence-electron chi connectivity index (χ0n) is 19.8. The van der Waals surface area contributed by atoms with E-state index >= 15 is 0 Å². The van der Waals surface area contributed by atoms with Gasteiger partial charge in [-0.2, -0.15) is 0 Å². The van der Waals surface area contributed by atoms with Crippen molar-refractivity contribution in [3.8, 4) is 17.3 Å². The number of hydrogen-bond acceptors (Lipinski definition) is 4. The number of nitrogens with one attached hydrogen (secondary N) is 1. The highest BCUT2D eigenvalue weighted by Crippen LogP contribution is 2.29. The number of rotatable bonds is 10. The van der Waals surface area contributed by atoms with Gasteiger partial charge in [0.2, 0.25) is 0 Å². The number of fused-ring (bicyclic) bond motifs is 1. The van der Waals surface area contributed by atoms with E-state index in [0.29, 0.717) is 24.0 Å². The summed E-state index contributed by atoms with van der Waals surface area (Å²) in [5.41, 5.74) is 4.24. The molecule has 33 heavy (non-hydrogen) atoms. The molecular weight excluding hydrogens is 434 g/mol. The molecule has 2 heterocycles. The molecule has 0 fully saturated rings. The zero-order valence-corrected chi connectivity index (χ0v) is 20.6. The van der Waals surface area contributed by atoms with Crippen LogP contribution in [0.15, 0.2) is 52.9 Å². The molecule has 0 aliphatic rings. The van der Waals surface area contributed by atoms with Crippen LogP contribution in [-0.4, -0.2) is 34.6 Å². The number of ether oxygens (including phenoxy) is 1. The maximum atomic E-state index is 6.25. The van der Waals surface area contributed by atoms with E-state index in [9.17, 15) is 0 Å². The van der Waals surface area contributed by atoms with Gasteiger partial charge in [0.25, 0.3) is 0 Å². The zero-order chi connectivity index (χ0) is 23.4. The first-order valence-corrected chi connectivity index (χ1v) is 12.0. The fraction of sp³-hybridized carbons (Fsp3) is 0.370. The summed E-state index contributed by atoms with van der Waals surface area (Å²) in [5, 5.41) is 0.687. The highest BCUT2D eigenvalue weighted by molar-refractivity contribution is 6.30. The van der Waals surface area contributed by atoms with E-state index in [1.807, 2.05) is 30.3 Å². The molecule has 0 radical (unpaired) electrons. The van der Waals surface area contributed by atoms with Gasteiger partial charge in [0.05, 0.1) is 17.6 Å². The molecule has 0 atom stereocenters. The largest absolute Gasteiger partial charge is 0.493 e. The van der Waals surface area contributed by atoms with E-state index in [4.69, 9.17) is 25.7 Å². The van der Waals surface area contributed by atoms with Crippen molar-refractivity contribution in [1.82, 2.24) is 14.9 Å². The lowest BCUT2D eigenvalue weighted by molar-refractivity contribution is 0.268. The van der Waals surface area contributed by atoms with Gasteiger partial charge in [-0.3, -0.25) is 4.90 Å². The molecule has 1 N–H and O–H groups in total. The molecule has 6 heteroatoms. The van der Waals surface area contributed by atoms with E-state index in [2.05, 4.69) is 55.8 Å². The molecule has 0 spiro atoms. The number of halogens is 1. The first kappa shape index (κ1) is 23.4. The van der Waals surface area contributed by atoms with Gasteiger partial charge in [-0.25, -0.2) is 4.98 Å². The van der Waals surface area contributed by atoms with Crippen molar-refractivity contribution in [3.05, 3.63) is 70.4 Å². The Hall–Kier alpha value is -2.76. The Labute approximate surface area is 200 Å². The van der Waals surface area contributed by atoms with Crippen molar-refractivity contribution in [3.63, 3.8) is 0 Å². The summed E-state index contributed by atoms with van der Waals surface area (Å²) in [7, 11) is 0. The number of H-pyrrole nitrogens is 1. The Morgan fingerprint density at radius 1 is 1.06 bits per heavy atom. The molecule has 0 amide bonds. The lowest BCUT2D eigenvalue weighted by Gasteiger charge is -2.17. The minimum Gasteiger partial charge on any atom is -0.493 e. The van der Waals surface area contributed by atoms with Crippen LogP contribution in [0.3, 0.4) is 0 Å². The van der Waals surface area contributed by atoms with Crippen LogP contribution in [-0.2, 0) is 13.0 Å². The van der Waals surface area contributed by atoms with Crippen LogP contribution in [0.2, 0.25) is 5.02 Å². The summed E-state index contributed by atoms with van der Waals surface area (Å²) in [6.45, 7) is 12.3. The van der Waals surface area contributed by atoms with Gasteiger partial charge in [0.1, 0.15) is 11.5 Å². The van der Waals surface area contributed by atoms with Gasteiger partial charge in [0.15, 0.2) is 11.6 Å². The molecule has 0 unspecified atom stereocenters. The van der Waals surface area contributed by atoms with E-state index in [-0.39, 0.29) is 0 Å². The Bertz CT molecular complexity index is 1210. The lowest BCUT2D eigenvalue weighted by atomic mass is 10.1. The SMILES string of the molecule is CCN(CC)Cc1ccc2nc(-c3ccc(Cc4cc(Cl)ccc4OCC(C)C)o3)[nH]c2c1. The van der Waals surface area contributed by atoms with E-state index in [1.54, 1.807) is 0 Å². The van der Waals surface area contributed by atoms with Crippen LogP contribution < -0.4 is 4.74 Å². The number of aromatic amines is 1. The second kappa shape index (κ2) is 10.4. The Balaban J connectivity index is 1.53. The second-order valence-electron chi connectivity index (χ2n) is 8.80. The summed E-state index contributed by atoms with van der Waals surface area (Å²) < 4.78 is 12.1. The summed E-state index contributed by atoms with van der Waals surface area (Å²) in [6.07, 6.45) is 0.599. The molecule has 174 valence electrons. The van der Waals surface area contributed by atoms with Crippen LogP contribution in [0.1, 0.15) is 44.6 Å². The average Bonchev–Trinajstić information content (AvgIpc) is 3.43. The fourth-order valence-electron chi connectivity index (χ4n) is 3.85. The number of imidazole rings is 1. The molecule has 2 aromatic heterocycles. The van der Waals surface area contributed by atoms with Gasteiger partial charge >= 0.3 is 0 Å². The van der Waals surface area contributed by atoms with Gasteiger partial charge in [-0.15, -0.1) is 0 Å². The molecule has 2 aromatic carbocycles. The predicted molar refractivity (Wildman–Crippen MR) is 135 cm³/mol. The maximum absolute atomic E-state index is 6.25. The Morgan fingerprint density at radius 3 is 2.64 bits per heavy atom. The quantitative estimate of drug-likeness (QED) is 0.275. The van der Waals surface area contributed by atoms with E-state index < -0.39 is 0 Å². The van der Waals surface area contributed by atoms with E-state index in [1.165, 1.54) is 5.56 Å². The number of nitrogens with zero attached hydrogens (tertiary/aromatic N) is 2. The third-order valence-electron chi connectivity index (χ3n) is 5.70. The lowest BCUT2D eigenvalue weighted by Crippen LogP contribution is -2.21. The molecule has 0 aliphatic heterocycles. The van der Waals surface area contributed by atoms with Crippen LogP contribution in [0.4, 0.5) is 0 Å². The van der Waals surface area contributed by atoms with Crippen LogP contribution in [0, 0.1) is 5.92 Å². The standard InChI is InChI=1S/C27H32ClN3O2/c1-5-31(6-2)16-19-7-10-23-24(13-19)30-27(29-23)26-12-9-22(33-26)15-20-14-21(28)8-11-25(20)32-17-18(3)4/h7-14,18H,5-6,15-17H2,1-4H3,(H,29,30). The minimum absolute atomic E-state index is 0.448. The molecule has 4 aromatic rings. The van der Waals surface area contributed by atoms with Gasteiger partial charge in [-0.05, 0) is 67.0 Å². The Morgan fingerprint density at radius 2 is 1.88 bits per heavy atom. The fourth-order valence-corrected chi connectivity index (χ4v) is 4.04. The van der Waals surface area contributed by atoms with Crippen molar-refractivity contribution in [2.75, 3.05) is 19.7 Å². The summed E-state index contributed by atoms with van der Waals surface area (Å²) >= 11 is 6.25. The molecule has 0 bridgehead atoms. The van der Waals surface area contributed by atoms with E-state index in [0.717, 1.165) is 59.3 Å². The molecule has 0 saturated heterocycles. The summed E-state index contributed by atoms with van der Waals surface area (Å²) in [5.74, 6) is 3.58. The number of furan rings is 1. The van der Waals surface area contributed by atoms with Crippen LogP contribution in [0.25, 0.3) is 22.6 Å². The topological polar surface area (TPSA) is 54.3 Å². The van der Waals surface area contributed by atoms with Gasteiger partial charge in [0, 0.05) is 23.6 Å². The molecule has 4 rings (SSSR count). The second-order valence-corrected chi connectivity index (χ2v) is 9.23.